The van der Waals surface area contributed by atoms with E-state index in [-0.39, 0.29) is 5.91 Å². The summed E-state index contributed by atoms with van der Waals surface area (Å²) in [5.41, 5.74) is 5.83. The summed E-state index contributed by atoms with van der Waals surface area (Å²) < 4.78 is 0. The molecule has 0 radical (unpaired) electrons. The highest BCUT2D eigenvalue weighted by Gasteiger charge is 2.50. The Morgan fingerprint density at radius 3 is 2.89 bits per heavy atom. The second kappa shape index (κ2) is 4.97. The molecule has 1 saturated carbocycles. The fourth-order valence-electron chi connectivity index (χ4n) is 2.39. The van der Waals surface area contributed by atoms with E-state index in [0.29, 0.717) is 17.5 Å². The van der Waals surface area contributed by atoms with Crippen LogP contribution >= 0.6 is 12.2 Å². The second-order valence-corrected chi connectivity index (χ2v) is 5.28. The first-order chi connectivity index (χ1) is 8.54. The lowest BCUT2D eigenvalue weighted by atomic mass is 9.62. The van der Waals surface area contributed by atoms with E-state index in [4.69, 9.17) is 18.0 Å². The van der Waals surface area contributed by atoms with Crippen LogP contribution in [0.3, 0.4) is 0 Å². The zero-order valence-electron chi connectivity index (χ0n) is 10.2. The third kappa shape index (κ3) is 2.33. The number of carbonyl (C=O) groups excluding carboxylic acids is 1. The smallest absolute Gasteiger partial charge is 0.233 e. The average Bonchev–Trinajstić information content (AvgIpc) is 2.32. The van der Waals surface area contributed by atoms with Crippen molar-refractivity contribution < 1.29 is 4.79 Å². The molecule has 0 aromatic carbocycles. The van der Waals surface area contributed by atoms with Crippen LogP contribution in [0, 0.1) is 11.3 Å². The van der Waals surface area contributed by atoms with Gasteiger partial charge in [-0.2, -0.15) is 0 Å². The first-order valence-corrected chi connectivity index (χ1v) is 6.28. The van der Waals surface area contributed by atoms with Gasteiger partial charge in [0, 0.05) is 6.20 Å². The van der Waals surface area contributed by atoms with E-state index in [1.165, 1.54) is 6.33 Å². The third-order valence-electron chi connectivity index (χ3n) is 3.37. The zero-order chi connectivity index (χ0) is 13.2. The molecule has 0 saturated heterocycles. The van der Waals surface area contributed by atoms with Gasteiger partial charge in [0.25, 0.3) is 0 Å². The first kappa shape index (κ1) is 12.9. The normalized spacial score (nSPS) is 26.2. The lowest BCUT2D eigenvalue weighted by Crippen LogP contribution is -2.55. The van der Waals surface area contributed by atoms with Crippen molar-refractivity contribution in [3.05, 3.63) is 24.3 Å². The first-order valence-electron chi connectivity index (χ1n) is 5.88. The molecule has 6 heteroatoms. The molecule has 1 amide bonds. The van der Waals surface area contributed by atoms with Gasteiger partial charge in [-0.15, -0.1) is 0 Å². The number of aromatic nitrogens is 2. The number of hydrogen-bond acceptors (Lipinski definition) is 4. The van der Waals surface area contributed by atoms with E-state index in [1.54, 1.807) is 12.3 Å². The summed E-state index contributed by atoms with van der Waals surface area (Å²) in [7, 11) is 0. The minimum Gasteiger partial charge on any atom is -0.392 e. The number of nitrogens with two attached hydrogens (primary N) is 1. The summed E-state index contributed by atoms with van der Waals surface area (Å²) in [5.74, 6) is 0.406. The monoisotopic (exact) mass is 264 g/mol. The number of carbonyl (C=O) groups is 1. The highest BCUT2D eigenvalue weighted by Crippen LogP contribution is 2.45. The average molecular weight is 264 g/mol. The van der Waals surface area contributed by atoms with Crippen molar-refractivity contribution in [3.8, 4) is 0 Å². The van der Waals surface area contributed by atoms with Crippen molar-refractivity contribution in [3.63, 3.8) is 0 Å². The summed E-state index contributed by atoms with van der Waals surface area (Å²) in [6.07, 6.45) is 4.56. The zero-order valence-corrected chi connectivity index (χ0v) is 11.0. The molecule has 1 aliphatic carbocycles. The van der Waals surface area contributed by atoms with Crippen LogP contribution in [0.1, 0.15) is 25.5 Å². The molecule has 96 valence electrons. The van der Waals surface area contributed by atoms with Crippen molar-refractivity contribution in [1.82, 2.24) is 15.3 Å². The molecule has 1 aromatic heterocycles. The Balaban J connectivity index is 1.97. The van der Waals surface area contributed by atoms with Crippen molar-refractivity contribution in [2.45, 2.75) is 26.3 Å². The Labute approximate surface area is 111 Å². The van der Waals surface area contributed by atoms with Crippen LogP contribution in [0.5, 0.6) is 0 Å². The van der Waals surface area contributed by atoms with Crippen molar-refractivity contribution in [2.75, 3.05) is 0 Å². The van der Waals surface area contributed by atoms with Crippen molar-refractivity contribution in [1.29, 1.82) is 0 Å². The van der Waals surface area contributed by atoms with Gasteiger partial charge in [0.1, 0.15) is 6.33 Å². The maximum absolute atomic E-state index is 12.2. The van der Waals surface area contributed by atoms with Gasteiger partial charge >= 0.3 is 0 Å². The van der Waals surface area contributed by atoms with Crippen LogP contribution in [0.15, 0.2) is 18.6 Å². The lowest BCUT2D eigenvalue weighted by molar-refractivity contribution is -0.133. The quantitative estimate of drug-likeness (QED) is 0.786. The molecule has 5 nitrogen and oxygen atoms in total. The van der Waals surface area contributed by atoms with Crippen LogP contribution in [-0.4, -0.2) is 20.9 Å². The van der Waals surface area contributed by atoms with Gasteiger partial charge in [-0.1, -0.05) is 19.1 Å². The maximum atomic E-state index is 12.2. The fraction of sp³-hybridized carbons (Fsp3) is 0.500. The number of nitrogens with zero attached hydrogens (tertiary/aromatic N) is 2. The van der Waals surface area contributed by atoms with E-state index in [1.807, 2.05) is 0 Å². The van der Waals surface area contributed by atoms with Gasteiger partial charge in [0.15, 0.2) is 0 Å². The summed E-state index contributed by atoms with van der Waals surface area (Å²) in [5, 5.41) is 2.85. The number of hydrogen-bond donors (Lipinski definition) is 2. The molecule has 0 atom stereocenters. The topological polar surface area (TPSA) is 80.9 Å². The van der Waals surface area contributed by atoms with E-state index in [9.17, 15) is 4.79 Å². The van der Waals surface area contributed by atoms with Crippen LogP contribution in [-0.2, 0) is 11.3 Å². The maximum Gasteiger partial charge on any atom is 0.233 e. The molecule has 1 fully saturated rings. The SMILES string of the molecule is CC1CC(C(=O)NCc2ccncn2)(C(N)=S)C1. The van der Waals surface area contributed by atoms with Gasteiger partial charge in [-0.3, -0.25) is 4.79 Å². The predicted molar refractivity (Wildman–Crippen MR) is 71.5 cm³/mol. The van der Waals surface area contributed by atoms with Gasteiger partial charge < -0.3 is 11.1 Å². The Morgan fingerprint density at radius 2 is 2.39 bits per heavy atom. The van der Waals surface area contributed by atoms with Crippen LogP contribution < -0.4 is 11.1 Å². The van der Waals surface area contributed by atoms with Crippen LogP contribution in [0.25, 0.3) is 0 Å². The van der Waals surface area contributed by atoms with Gasteiger partial charge in [-0.05, 0) is 24.8 Å². The van der Waals surface area contributed by atoms with Gasteiger partial charge in [0.05, 0.1) is 22.6 Å². The molecule has 0 spiro atoms. The molecular weight excluding hydrogens is 248 g/mol. The van der Waals surface area contributed by atoms with E-state index >= 15 is 0 Å². The molecule has 0 aliphatic heterocycles. The number of nitrogens with one attached hydrogen (secondary N) is 1. The Hall–Kier alpha value is -1.56. The largest absolute Gasteiger partial charge is 0.392 e. The summed E-state index contributed by atoms with van der Waals surface area (Å²) in [6, 6.07) is 1.76. The number of thiocarbonyl (C=S) groups is 1. The number of rotatable bonds is 4. The van der Waals surface area contributed by atoms with Crippen molar-refractivity contribution >= 4 is 23.1 Å². The fourth-order valence-corrected chi connectivity index (χ4v) is 2.65. The summed E-state index contributed by atoms with van der Waals surface area (Å²) in [6.45, 7) is 2.47. The molecule has 1 aromatic rings. The summed E-state index contributed by atoms with van der Waals surface area (Å²) >= 11 is 5.03. The minimum atomic E-state index is -0.651. The Kier molecular flexibility index (Phi) is 3.56. The molecule has 0 bridgehead atoms. The van der Waals surface area contributed by atoms with Crippen molar-refractivity contribution in [2.24, 2.45) is 17.1 Å². The summed E-state index contributed by atoms with van der Waals surface area (Å²) in [4.78, 5) is 20.3. The van der Waals surface area contributed by atoms with Gasteiger partial charge in [-0.25, -0.2) is 9.97 Å². The molecule has 18 heavy (non-hydrogen) atoms. The van der Waals surface area contributed by atoms with Crippen LogP contribution in [0.2, 0.25) is 0 Å². The lowest BCUT2D eigenvalue weighted by Gasteiger charge is -2.44. The Bertz CT molecular complexity index is 456. The third-order valence-corrected chi connectivity index (χ3v) is 3.76. The molecule has 1 aliphatic rings. The Morgan fingerprint density at radius 1 is 1.67 bits per heavy atom. The number of amides is 1. The van der Waals surface area contributed by atoms with Gasteiger partial charge in [0.2, 0.25) is 5.91 Å². The second-order valence-electron chi connectivity index (χ2n) is 4.84. The van der Waals surface area contributed by atoms with E-state index in [2.05, 4.69) is 22.2 Å². The predicted octanol–water partition coefficient (Wildman–Crippen LogP) is 0.795. The molecular formula is C12H16N4OS. The minimum absolute atomic E-state index is 0.0910. The van der Waals surface area contributed by atoms with E-state index in [0.717, 1.165) is 18.5 Å². The highest BCUT2D eigenvalue weighted by atomic mass is 32.1. The standard InChI is InChI=1S/C12H16N4OS/c1-8-4-12(5-8,10(13)18)11(17)15-6-9-2-3-14-7-16-9/h2-3,7-8H,4-6H2,1H3,(H2,13,18)(H,15,17). The molecule has 3 N–H and O–H groups in total. The van der Waals surface area contributed by atoms with E-state index < -0.39 is 5.41 Å². The van der Waals surface area contributed by atoms with Crippen LogP contribution in [0.4, 0.5) is 0 Å². The molecule has 1 heterocycles. The highest BCUT2D eigenvalue weighted by molar-refractivity contribution is 7.80. The molecule has 0 unspecified atom stereocenters. The molecule has 2 rings (SSSR count).